The largest absolute Gasteiger partial charge is 0.489 e. The first kappa shape index (κ1) is 22.9. The molecule has 3 heterocycles. The molecule has 4 N–H and O–H groups in total. The highest BCUT2D eigenvalue weighted by Gasteiger charge is 2.52. The number of aliphatic hydroxyl groups is 1. The van der Waals surface area contributed by atoms with Gasteiger partial charge in [0.1, 0.15) is 18.2 Å². The van der Waals surface area contributed by atoms with Crippen LogP contribution in [0, 0.1) is 17.7 Å². The number of hydrogen-bond acceptors (Lipinski definition) is 7. The minimum atomic E-state index is -0.147. The molecule has 1 spiro atoms. The molecule has 1 aliphatic heterocycles. The van der Waals surface area contributed by atoms with Gasteiger partial charge in [0.15, 0.2) is 0 Å². The average Bonchev–Trinajstić information content (AvgIpc) is 2.78. The lowest BCUT2D eigenvalue weighted by molar-refractivity contribution is -0.0494. The van der Waals surface area contributed by atoms with Gasteiger partial charge in [-0.25, -0.2) is 4.98 Å². The van der Waals surface area contributed by atoms with Gasteiger partial charge < -0.3 is 20.5 Å². The van der Waals surface area contributed by atoms with Gasteiger partial charge in [-0.15, -0.1) is 0 Å². The van der Waals surface area contributed by atoms with Gasteiger partial charge in [-0.1, -0.05) is 23.2 Å². The lowest BCUT2D eigenvalue weighted by Gasteiger charge is -2.58. The standard InChI is InChI=1S/C25H25Cl2N5O2/c1-14-23(27)19(20(26)10-30-14)11-34-17-3-4-21(28)18(6-17)24(29)15-2-5-22(31-9-15)32-12-25(13-32)7-16(33)8-25/h2-6,9-10,16,29,33H,7-8,11-13,28H2,1H3. The Hall–Kier alpha value is -2.87. The normalized spacial score (nSPS) is 16.8. The molecule has 0 radical (unpaired) electrons. The first-order valence-corrected chi connectivity index (χ1v) is 11.8. The number of hydrogen-bond donors (Lipinski definition) is 3. The predicted molar refractivity (Wildman–Crippen MR) is 134 cm³/mol. The highest BCUT2D eigenvalue weighted by Crippen LogP contribution is 2.49. The molecule has 7 nitrogen and oxygen atoms in total. The summed E-state index contributed by atoms with van der Waals surface area (Å²) in [6.07, 6.45) is 4.86. The number of pyridine rings is 2. The molecule has 1 saturated heterocycles. The fourth-order valence-electron chi connectivity index (χ4n) is 4.74. The third kappa shape index (κ3) is 4.19. The van der Waals surface area contributed by atoms with E-state index in [-0.39, 0.29) is 23.8 Å². The monoisotopic (exact) mass is 497 g/mol. The number of aliphatic hydroxyl groups excluding tert-OH is 1. The Balaban J connectivity index is 1.28. The molecule has 2 fully saturated rings. The van der Waals surface area contributed by atoms with Crippen LogP contribution in [-0.2, 0) is 6.61 Å². The first-order valence-electron chi connectivity index (χ1n) is 11.0. The zero-order valence-corrected chi connectivity index (χ0v) is 20.2. The van der Waals surface area contributed by atoms with Crippen molar-refractivity contribution in [2.24, 2.45) is 5.41 Å². The van der Waals surface area contributed by atoms with E-state index in [1.54, 1.807) is 30.6 Å². The Kier molecular flexibility index (Phi) is 5.88. The van der Waals surface area contributed by atoms with E-state index >= 15 is 0 Å². The van der Waals surface area contributed by atoms with Crippen LogP contribution in [-0.4, -0.2) is 40.0 Å². The Labute approximate surface area is 208 Å². The summed E-state index contributed by atoms with van der Waals surface area (Å²) in [5.41, 5.74) is 9.75. The Morgan fingerprint density at radius 3 is 2.65 bits per heavy atom. The summed E-state index contributed by atoms with van der Waals surface area (Å²) in [7, 11) is 0. The number of rotatable bonds is 6. The molecule has 5 rings (SSSR count). The van der Waals surface area contributed by atoms with Crippen LogP contribution < -0.4 is 15.4 Å². The van der Waals surface area contributed by atoms with Crippen molar-refractivity contribution in [3.63, 3.8) is 0 Å². The van der Waals surface area contributed by atoms with Crippen LogP contribution in [0.3, 0.4) is 0 Å². The van der Waals surface area contributed by atoms with Gasteiger partial charge in [-0.3, -0.25) is 10.4 Å². The van der Waals surface area contributed by atoms with Crippen LogP contribution in [0.5, 0.6) is 5.75 Å². The number of aromatic nitrogens is 2. The molecular formula is C25H25Cl2N5O2. The fraction of sp³-hybridized carbons (Fsp3) is 0.320. The third-order valence-corrected chi connectivity index (χ3v) is 7.50. The smallest absolute Gasteiger partial charge is 0.128 e. The predicted octanol–water partition coefficient (Wildman–Crippen LogP) is 4.63. The molecule has 0 unspecified atom stereocenters. The molecule has 9 heteroatoms. The fourth-order valence-corrected chi connectivity index (χ4v) is 5.19. The molecule has 1 saturated carbocycles. The first-order chi connectivity index (χ1) is 16.2. The summed E-state index contributed by atoms with van der Waals surface area (Å²) in [5, 5.41) is 19.2. The number of halogens is 2. The van der Waals surface area contributed by atoms with Crippen molar-refractivity contribution in [2.45, 2.75) is 32.5 Å². The number of benzene rings is 1. The van der Waals surface area contributed by atoms with Crippen LogP contribution in [0.15, 0.2) is 42.7 Å². The maximum absolute atomic E-state index is 9.59. The van der Waals surface area contributed by atoms with E-state index in [1.807, 2.05) is 19.1 Å². The molecule has 34 heavy (non-hydrogen) atoms. The van der Waals surface area contributed by atoms with Crippen LogP contribution in [0.2, 0.25) is 10.0 Å². The van der Waals surface area contributed by atoms with Crippen LogP contribution in [0.4, 0.5) is 11.5 Å². The zero-order chi connectivity index (χ0) is 24.0. The van der Waals surface area contributed by atoms with Crippen molar-refractivity contribution in [2.75, 3.05) is 23.7 Å². The summed E-state index contributed by atoms with van der Waals surface area (Å²) in [6.45, 7) is 3.82. The second-order valence-electron chi connectivity index (χ2n) is 9.22. The molecule has 176 valence electrons. The summed E-state index contributed by atoms with van der Waals surface area (Å²) >= 11 is 12.6. The van der Waals surface area contributed by atoms with Crippen molar-refractivity contribution >= 4 is 40.4 Å². The number of nitrogens with zero attached hydrogens (tertiary/aromatic N) is 3. The molecule has 0 bridgehead atoms. The lowest BCUT2D eigenvalue weighted by atomic mass is 9.62. The SMILES string of the molecule is Cc1ncc(Cl)c(COc2ccc(N)c(C(=N)c3ccc(N4CC5(CC(O)C5)C4)nc3)c2)c1Cl. The summed E-state index contributed by atoms with van der Waals surface area (Å²) in [4.78, 5) is 10.9. The van der Waals surface area contributed by atoms with Gasteiger partial charge in [0.05, 0.1) is 27.6 Å². The number of ether oxygens (including phenoxy) is 1. The molecule has 1 aromatic carbocycles. The van der Waals surface area contributed by atoms with Crippen molar-refractivity contribution in [1.29, 1.82) is 5.41 Å². The second kappa shape index (κ2) is 8.73. The molecule has 3 aromatic rings. The van der Waals surface area contributed by atoms with Crippen molar-refractivity contribution in [3.8, 4) is 5.75 Å². The van der Waals surface area contributed by atoms with Gasteiger partial charge in [0.2, 0.25) is 0 Å². The maximum atomic E-state index is 9.59. The van der Waals surface area contributed by atoms with Gasteiger partial charge in [0.25, 0.3) is 0 Å². The minimum Gasteiger partial charge on any atom is -0.489 e. The van der Waals surface area contributed by atoms with E-state index in [0.29, 0.717) is 43.9 Å². The van der Waals surface area contributed by atoms with Crippen molar-refractivity contribution < 1.29 is 9.84 Å². The topological polar surface area (TPSA) is 108 Å². The van der Waals surface area contributed by atoms with E-state index in [0.717, 1.165) is 31.7 Å². The third-order valence-electron chi connectivity index (χ3n) is 6.67. The van der Waals surface area contributed by atoms with E-state index in [1.165, 1.54) is 0 Å². The van der Waals surface area contributed by atoms with Crippen LogP contribution >= 0.6 is 23.2 Å². The Bertz CT molecular complexity index is 1250. The molecular weight excluding hydrogens is 473 g/mol. The van der Waals surface area contributed by atoms with E-state index in [2.05, 4.69) is 14.9 Å². The van der Waals surface area contributed by atoms with Gasteiger partial charge in [0, 0.05) is 53.3 Å². The van der Waals surface area contributed by atoms with Gasteiger partial charge in [-0.05, 0) is 50.1 Å². The van der Waals surface area contributed by atoms with E-state index in [9.17, 15) is 5.11 Å². The maximum Gasteiger partial charge on any atom is 0.128 e. The number of anilines is 2. The average molecular weight is 498 g/mol. The Morgan fingerprint density at radius 2 is 1.97 bits per heavy atom. The summed E-state index contributed by atoms with van der Waals surface area (Å²) < 4.78 is 5.92. The summed E-state index contributed by atoms with van der Waals surface area (Å²) in [5.74, 6) is 1.43. The molecule has 0 atom stereocenters. The lowest BCUT2D eigenvalue weighted by Crippen LogP contribution is -2.64. The number of nitrogens with one attached hydrogen (secondary N) is 1. The van der Waals surface area contributed by atoms with Gasteiger partial charge in [-0.2, -0.15) is 0 Å². The van der Waals surface area contributed by atoms with E-state index in [4.69, 9.17) is 39.1 Å². The van der Waals surface area contributed by atoms with Crippen molar-refractivity contribution in [3.05, 3.63) is 75.2 Å². The quantitative estimate of drug-likeness (QED) is 0.338. The number of nitrogens with two attached hydrogens (primary N) is 1. The molecule has 1 aliphatic carbocycles. The molecule has 2 aliphatic rings. The summed E-state index contributed by atoms with van der Waals surface area (Å²) in [6, 6.07) is 9.02. The zero-order valence-electron chi connectivity index (χ0n) is 18.7. The highest BCUT2D eigenvalue weighted by atomic mass is 35.5. The highest BCUT2D eigenvalue weighted by molar-refractivity contribution is 6.36. The van der Waals surface area contributed by atoms with Crippen LogP contribution in [0.1, 0.15) is 35.2 Å². The second-order valence-corrected chi connectivity index (χ2v) is 10.0. The van der Waals surface area contributed by atoms with Gasteiger partial charge >= 0.3 is 0 Å². The number of aryl methyl sites for hydroxylation is 1. The minimum absolute atomic E-state index is 0.147. The molecule has 0 amide bonds. The number of nitrogen functional groups attached to an aromatic ring is 1. The van der Waals surface area contributed by atoms with Crippen molar-refractivity contribution in [1.82, 2.24) is 9.97 Å². The molecule has 2 aromatic heterocycles. The van der Waals surface area contributed by atoms with Crippen LogP contribution in [0.25, 0.3) is 0 Å². The Morgan fingerprint density at radius 1 is 1.21 bits per heavy atom. The van der Waals surface area contributed by atoms with E-state index < -0.39 is 0 Å².